The number of hydrogen-bond donors (Lipinski definition) is 2. The van der Waals surface area contributed by atoms with Crippen LogP contribution in [0.2, 0.25) is 0 Å². The van der Waals surface area contributed by atoms with Crippen molar-refractivity contribution in [3.8, 4) is 0 Å². The van der Waals surface area contributed by atoms with Gasteiger partial charge in [0.05, 0.1) is 0 Å². The fourth-order valence-electron chi connectivity index (χ4n) is 0.813. The molecule has 0 aromatic carbocycles. The van der Waals surface area contributed by atoms with E-state index >= 15 is 0 Å². The van der Waals surface area contributed by atoms with Gasteiger partial charge in [0.1, 0.15) is 0 Å². The van der Waals surface area contributed by atoms with E-state index < -0.39 is 5.97 Å². The molecule has 4 nitrogen and oxygen atoms in total. The molecule has 0 atom stereocenters. The molecule has 0 aromatic heterocycles. The fraction of sp³-hybridized carbons (Fsp3) is 0.455. The number of carbonyl (C=O) groups is 2. The van der Waals surface area contributed by atoms with Crippen LogP contribution in [0.4, 0.5) is 0 Å². The summed E-state index contributed by atoms with van der Waals surface area (Å²) in [5.41, 5.74) is 1.01. The number of carboxylic acids is 1. The molecule has 0 heterocycles. The molecule has 1 amide bonds. The van der Waals surface area contributed by atoms with Crippen LogP contribution in [0.3, 0.4) is 0 Å². The summed E-state index contributed by atoms with van der Waals surface area (Å²) in [4.78, 5) is 21.3. The van der Waals surface area contributed by atoms with Crippen molar-refractivity contribution in [2.75, 3.05) is 6.54 Å². The second-order valence-corrected chi connectivity index (χ2v) is 3.15. The van der Waals surface area contributed by atoms with E-state index in [0.717, 1.165) is 5.57 Å². The van der Waals surface area contributed by atoms with Crippen molar-refractivity contribution in [3.63, 3.8) is 0 Å². The van der Waals surface area contributed by atoms with Gasteiger partial charge in [0.2, 0.25) is 5.91 Å². The first-order chi connectivity index (χ1) is 7.06. The van der Waals surface area contributed by atoms with Crippen LogP contribution in [-0.2, 0) is 9.59 Å². The molecule has 0 aliphatic heterocycles. The van der Waals surface area contributed by atoms with E-state index in [1.165, 1.54) is 6.08 Å². The molecule has 2 N–H and O–H groups in total. The SMILES string of the molecule is C/C=C(C)/C=C/C(=O)NCCCC(=O)O. The lowest BCUT2D eigenvalue weighted by atomic mass is 10.2. The number of hydrogen-bond acceptors (Lipinski definition) is 2. The summed E-state index contributed by atoms with van der Waals surface area (Å²) in [6, 6.07) is 0. The zero-order chi connectivity index (χ0) is 11.7. The molecular formula is C11H17NO3. The summed E-state index contributed by atoms with van der Waals surface area (Å²) >= 11 is 0. The fourth-order valence-corrected chi connectivity index (χ4v) is 0.813. The monoisotopic (exact) mass is 211 g/mol. The van der Waals surface area contributed by atoms with Gasteiger partial charge in [-0.3, -0.25) is 9.59 Å². The van der Waals surface area contributed by atoms with E-state index in [0.29, 0.717) is 13.0 Å². The van der Waals surface area contributed by atoms with Gasteiger partial charge in [0, 0.05) is 19.0 Å². The van der Waals surface area contributed by atoms with Gasteiger partial charge in [-0.25, -0.2) is 0 Å². The lowest BCUT2D eigenvalue weighted by molar-refractivity contribution is -0.137. The number of amides is 1. The van der Waals surface area contributed by atoms with Gasteiger partial charge in [-0.15, -0.1) is 0 Å². The number of carboxylic acid groups (broad SMARTS) is 1. The second-order valence-electron chi connectivity index (χ2n) is 3.15. The third-order valence-corrected chi connectivity index (χ3v) is 1.82. The molecular weight excluding hydrogens is 194 g/mol. The first-order valence-corrected chi connectivity index (χ1v) is 4.87. The Morgan fingerprint density at radius 1 is 1.33 bits per heavy atom. The summed E-state index contributed by atoms with van der Waals surface area (Å²) < 4.78 is 0. The smallest absolute Gasteiger partial charge is 0.303 e. The lowest BCUT2D eigenvalue weighted by Gasteiger charge is -1.99. The Kier molecular flexibility index (Phi) is 6.97. The summed E-state index contributed by atoms with van der Waals surface area (Å²) in [5, 5.41) is 11.0. The van der Waals surface area contributed by atoms with Crippen molar-refractivity contribution in [2.24, 2.45) is 0 Å². The predicted octanol–water partition coefficient (Wildman–Crippen LogP) is 1.49. The largest absolute Gasteiger partial charge is 0.481 e. The number of nitrogens with one attached hydrogen (secondary N) is 1. The Hall–Kier alpha value is -1.58. The van der Waals surface area contributed by atoms with Gasteiger partial charge in [-0.1, -0.05) is 17.7 Å². The zero-order valence-corrected chi connectivity index (χ0v) is 9.12. The molecule has 0 saturated heterocycles. The van der Waals surface area contributed by atoms with Crippen LogP contribution in [-0.4, -0.2) is 23.5 Å². The molecule has 0 radical (unpaired) electrons. The highest BCUT2D eigenvalue weighted by atomic mass is 16.4. The molecule has 0 fully saturated rings. The van der Waals surface area contributed by atoms with Crippen LogP contribution in [0.1, 0.15) is 26.7 Å². The van der Waals surface area contributed by atoms with Crippen molar-refractivity contribution < 1.29 is 14.7 Å². The minimum Gasteiger partial charge on any atom is -0.481 e. The average molecular weight is 211 g/mol. The van der Waals surface area contributed by atoms with Crippen LogP contribution in [0.5, 0.6) is 0 Å². The molecule has 0 aliphatic carbocycles. The summed E-state index contributed by atoms with van der Waals surface area (Å²) in [6.07, 6.45) is 5.59. The minimum absolute atomic E-state index is 0.0812. The van der Waals surface area contributed by atoms with Gasteiger partial charge >= 0.3 is 5.97 Å². The quantitative estimate of drug-likeness (QED) is 0.397. The third-order valence-electron chi connectivity index (χ3n) is 1.82. The Bertz CT molecular complexity index is 280. The average Bonchev–Trinajstić information content (AvgIpc) is 2.20. The van der Waals surface area contributed by atoms with Gasteiger partial charge in [0.25, 0.3) is 0 Å². The minimum atomic E-state index is -0.843. The van der Waals surface area contributed by atoms with Crippen LogP contribution in [0, 0.1) is 0 Å². The molecule has 0 unspecified atom stereocenters. The lowest BCUT2D eigenvalue weighted by Crippen LogP contribution is -2.22. The maximum absolute atomic E-state index is 11.1. The highest BCUT2D eigenvalue weighted by Gasteiger charge is 1.97. The molecule has 0 spiro atoms. The van der Waals surface area contributed by atoms with E-state index in [-0.39, 0.29) is 12.3 Å². The Labute approximate surface area is 89.7 Å². The first-order valence-electron chi connectivity index (χ1n) is 4.87. The normalized spacial score (nSPS) is 11.7. The highest BCUT2D eigenvalue weighted by Crippen LogP contribution is 1.93. The third kappa shape index (κ3) is 8.74. The Morgan fingerprint density at radius 3 is 2.53 bits per heavy atom. The Balaban J connectivity index is 3.67. The number of rotatable bonds is 6. The van der Waals surface area contributed by atoms with Crippen molar-refractivity contribution in [1.82, 2.24) is 5.32 Å². The predicted molar refractivity (Wildman–Crippen MR) is 58.5 cm³/mol. The number of allylic oxidation sites excluding steroid dienone is 3. The van der Waals surface area contributed by atoms with Gasteiger partial charge < -0.3 is 10.4 Å². The summed E-state index contributed by atoms with van der Waals surface area (Å²) in [6.45, 7) is 4.18. The van der Waals surface area contributed by atoms with E-state index in [4.69, 9.17) is 5.11 Å². The van der Waals surface area contributed by atoms with Crippen molar-refractivity contribution in [1.29, 1.82) is 0 Å². The topological polar surface area (TPSA) is 66.4 Å². The molecule has 15 heavy (non-hydrogen) atoms. The van der Waals surface area contributed by atoms with E-state index in [1.807, 2.05) is 19.9 Å². The molecule has 0 bridgehead atoms. The molecule has 0 aliphatic rings. The van der Waals surface area contributed by atoms with Gasteiger partial charge in [-0.05, 0) is 20.3 Å². The summed E-state index contributed by atoms with van der Waals surface area (Å²) in [5.74, 6) is -1.04. The maximum atomic E-state index is 11.1. The molecule has 0 saturated carbocycles. The van der Waals surface area contributed by atoms with Crippen molar-refractivity contribution in [2.45, 2.75) is 26.7 Å². The number of aliphatic carboxylic acids is 1. The standard InChI is InChI=1S/C11H17NO3/c1-3-9(2)6-7-10(13)12-8-4-5-11(14)15/h3,6-7H,4-5,8H2,1-2H3,(H,12,13)(H,14,15)/b7-6+,9-3+. The molecule has 4 heteroatoms. The second kappa shape index (κ2) is 7.79. The van der Waals surface area contributed by atoms with E-state index in [1.54, 1.807) is 6.08 Å². The highest BCUT2D eigenvalue weighted by molar-refractivity contribution is 5.87. The van der Waals surface area contributed by atoms with Crippen molar-refractivity contribution in [3.05, 3.63) is 23.8 Å². The maximum Gasteiger partial charge on any atom is 0.303 e. The van der Waals surface area contributed by atoms with Gasteiger partial charge in [0.15, 0.2) is 0 Å². The molecule has 0 rings (SSSR count). The van der Waals surface area contributed by atoms with Crippen molar-refractivity contribution >= 4 is 11.9 Å². The molecule has 0 aromatic rings. The van der Waals surface area contributed by atoms with Crippen LogP contribution < -0.4 is 5.32 Å². The van der Waals surface area contributed by atoms with Gasteiger partial charge in [-0.2, -0.15) is 0 Å². The molecule has 84 valence electrons. The number of carbonyl (C=O) groups excluding carboxylic acids is 1. The summed E-state index contributed by atoms with van der Waals surface area (Å²) in [7, 11) is 0. The zero-order valence-electron chi connectivity index (χ0n) is 9.12. The van der Waals surface area contributed by atoms with Crippen LogP contribution in [0.15, 0.2) is 23.8 Å². The van der Waals surface area contributed by atoms with E-state index in [2.05, 4.69) is 5.32 Å². The Morgan fingerprint density at radius 2 is 2.00 bits per heavy atom. The van der Waals surface area contributed by atoms with E-state index in [9.17, 15) is 9.59 Å². The first kappa shape index (κ1) is 13.4. The van der Waals surface area contributed by atoms with Crippen LogP contribution >= 0.6 is 0 Å². The van der Waals surface area contributed by atoms with Crippen LogP contribution in [0.25, 0.3) is 0 Å².